The van der Waals surface area contributed by atoms with Crippen molar-refractivity contribution in [3.05, 3.63) is 35.4 Å². The number of ether oxygens (including phenoxy) is 1. The molecule has 82 valence electrons. The Bertz CT molecular complexity index is 320. The van der Waals surface area contributed by atoms with Gasteiger partial charge in [-0.2, -0.15) is 0 Å². The van der Waals surface area contributed by atoms with E-state index in [-0.39, 0.29) is 6.10 Å². The zero-order valence-electron chi connectivity index (χ0n) is 9.49. The van der Waals surface area contributed by atoms with Crippen molar-refractivity contribution in [2.24, 2.45) is 0 Å². The lowest BCUT2D eigenvalue weighted by atomic mass is 10.0. The smallest absolute Gasteiger partial charge is 0.0948 e. The van der Waals surface area contributed by atoms with Gasteiger partial charge in [-0.3, -0.25) is 0 Å². The van der Waals surface area contributed by atoms with Crippen LogP contribution in [0.4, 0.5) is 0 Å². The van der Waals surface area contributed by atoms with E-state index in [1.54, 1.807) is 7.11 Å². The summed E-state index contributed by atoms with van der Waals surface area (Å²) in [7, 11) is 1.78. The monoisotopic (exact) mass is 205 g/mol. The van der Waals surface area contributed by atoms with Gasteiger partial charge in [0.25, 0.3) is 0 Å². The maximum Gasteiger partial charge on any atom is 0.0948 e. The fourth-order valence-corrected chi connectivity index (χ4v) is 1.83. The van der Waals surface area contributed by atoms with E-state index in [4.69, 9.17) is 4.74 Å². The minimum atomic E-state index is 0.187. The van der Waals surface area contributed by atoms with Gasteiger partial charge in [0.15, 0.2) is 0 Å². The first-order valence-corrected chi connectivity index (χ1v) is 5.63. The number of methoxy groups -OCH3 is 1. The average molecular weight is 205 g/mol. The van der Waals surface area contributed by atoms with Crippen LogP contribution in [0.1, 0.15) is 30.1 Å². The third-order valence-electron chi connectivity index (χ3n) is 2.99. The van der Waals surface area contributed by atoms with Crippen molar-refractivity contribution in [3.63, 3.8) is 0 Å². The number of nitrogens with one attached hydrogen (secondary N) is 1. The fraction of sp³-hybridized carbons (Fsp3) is 0.538. The van der Waals surface area contributed by atoms with Gasteiger partial charge >= 0.3 is 0 Å². The van der Waals surface area contributed by atoms with Gasteiger partial charge in [-0.25, -0.2) is 0 Å². The summed E-state index contributed by atoms with van der Waals surface area (Å²) in [6.07, 6.45) is 2.83. The lowest BCUT2D eigenvalue weighted by molar-refractivity contribution is 0.101. The second-order valence-electron chi connectivity index (χ2n) is 4.26. The lowest BCUT2D eigenvalue weighted by Gasteiger charge is -2.18. The van der Waals surface area contributed by atoms with Gasteiger partial charge in [0.05, 0.1) is 6.10 Å². The molecule has 1 N–H and O–H groups in total. The normalized spacial score (nSPS) is 17.7. The fourth-order valence-electron chi connectivity index (χ4n) is 1.83. The summed E-state index contributed by atoms with van der Waals surface area (Å²) in [4.78, 5) is 0. The minimum absolute atomic E-state index is 0.187. The van der Waals surface area contributed by atoms with Crippen LogP contribution >= 0.6 is 0 Å². The molecule has 0 aromatic heterocycles. The highest BCUT2D eigenvalue weighted by atomic mass is 16.5. The molecular formula is C13H19NO. The van der Waals surface area contributed by atoms with E-state index in [0.717, 1.165) is 12.6 Å². The third kappa shape index (κ3) is 2.80. The van der Waals surface area contributed by atoms with Crippen LogP contribution in [0.3, 0.4) is 0 Å². The molecule has 1 aliphatic carbocycles. The van der Waals surface area contributed by atoms with Crippen molar-refractivity contribution >= 4 is 0 Å². The predicted octanol–water partition coefficient (Wildman–Crippen LogP) is 2.43. The van der Waals surface area contributed by atoms with E-state index in [1.165, 1.54) is 24.0 Å². The van der Waals surface area contributed by atoms with Crippen LogP contribution < -0.4 is 5.32 Å². The van der Waals surface area contributed by atoms with Gasteiger partial charge in [0.2, 0.25) is 0 Å². The highest BCUT2D eigenvalue weighted by Crippen LogP contribution is 2.23. The van der Waals surface area contributed by atoms with Gasteiger partial charge in [-0.05, 0) is 30.9 Å². The molecule has 0 aliphatic heterocycles. The molecular weight excluding hydrogens is 186 g/mol. The molecule has 1 aromatic rings. The van der Waals surface area contributed by atoms with Crippen LogP contribution in [0.15, 0.2) is 24.3 Å². The molecule has 1 aromatic carbocycles. The molecule has 1 unspecified atom stereocenters. The van der Waals surface area contributed by atoms with E-state index in [2.05, 4.69) is 36.5 Å². The van der Waals surface area contributed by atoms with Crippen molar-refractivity contribution in [1.82, 2.24) is 5.32 Å². The molecule has 0 bridgehead atoms. The molecule has 1 saturated carbocycles. The standard InChI is InChI=1S/C13H19NO/c1-10-5-3-4-6-12(10)13(15-2)9-14-11-7-8-11/h3-6,11,13-14H,7-9H2,1-2H3. The molecule has 0 amide bonds. The average Bonchev–Trinajstić information content (AvgIpc) is 3.05. The maximum atomic E-state index is 5.53. The number of hydrogen-bond donors (Lipinski definition) is 1. The zero-order valence-corrected chi connectivity index (χ0v) is 9.49. The third-order valence-corrected chi connectivity index (χ3v) is 2.99. The number of rotatable bonds is 5. The van der Waals surface area contributed by atoms with E-state index >= 15 is 0 Å². The van der Waals surface area contributed by atoms with Gasteiger partial charge in [-0.1, -0.05) is 24.3 Å². The molecule has 1 aliphatic rings. The molecule has 2 rings (SSSR count). The minimum Gasteiger partial charge on any atom is -0.375 e. The first-order valence-electron chi connectivity index (χ1n) is 5.63. The van der Waals surface area contributed by atoms with E-state index in [9.17, 15) is 0 Å². The van der Waals surface area contributed by atoms with Crippen molar-refractivity contribution < 1.29 is 4.74 Å². The van der Waals surface area contributed by atoms with E-state index < -0.39 is 0 Å². The Balaban J connectivity index is 2.00. The van der Waals surface area contributed by atoms with Crippen molar-refractivity contribution in [3.8, 4) is 0 Å². The summed E-state index contributed by atoms with van der Waals surface area (Å²) in [5.74, 6) is 0. The van der Waals surface area contributed by atoms with Gasteiger partial charge in [0, 0.05) is 19.7 Å². The first-order chi connectivity index (χ1) is 7.31. The molecule has 15 heavy (non-hydrogen) atoms. The molecule has 0 radical (unpaired) electrons. The highest BCUT2D eigenvalue weighted by Gasteiger charge is 2.22. The zero-order chi connectivity index (χ0) is 10.7. The first kappa shape index (κ1) is 10.7. The van der Waals surface area contributed by atoms with Gasteiger partial charge in [-0.15, -0.1) is 0 Å². The molecule has 2 heteroatoms. The largest absolute Gasteiger partial charge is 0.375 e. The molecule has 2 nitrogen and oxygen atoms in total. The summed E-state index contributed by atoms with van der Waals surface area (Å²) in [6.45, 7) is 3.06. The Morgan fingerprint density at radius 2 is 2.13 bits per heavy atom. The Morgan fingerprint density at radius 3 is 2.73 bits per heavy atom. The van der Waals surface area contributed by atoms with Crippen molar-refractivity contribution in [1.29, 1.82) is 0 Å². The summed E-state index contributed by atoms with van der Waals surface area (Å²) in [6, 6.07) is 9.17. The van der Waals surface area contributed by atoms with Crippen LogP contribution in [-0.4, -0.2) is 19.7 Å². The lowest BCUT2D eigenvalue weighted by Crippen LogP contribution is -2.24. The predicted molar refractivity (Wildman–Crippen MR) is 62.0 cm³/mol. The highest BCUT2D eigenvalue weighted by molar-refractivity contribution is 5.28. The Hall–Kier alpha value is -0.860. The number of benzene rings is 1. The summed E-state index contributed by atoms with van der Waals surface area (Å²) in [5, 5.41) is 3.51. The van der Waals surface area contributed by atoms with E-state index in [0.29, 0.717) is 0 Å². The topological polar surface area (TPSA) is 21.3 Å². The Labute approximate surface area is 91.6 Å². The van der Waals surface area contributed by atoms with E-state index in [1.807, 2.05) is 0 Å². The van der Waals surface area contributed by atoms with Gasteiger partial charge < -0.3 is 10.1 Å². The Morgan fingerprint density at radius 1 is 1.40 bits per heavy atom. The van der Waals surface area contributed by atoms with Crippen LogP contribution in [0, 0.1) is 6.92 Å². The number of aryl methyl sites for hydroxylation is 1. The van der Waals surface area contributed by atoms with Crippen LogP contribution in [0.5, 0.6) is 0 Å². The summed E-state index contributed by atoms with van der Waals surface area (Å²) >= 11 is 0. The van der Waals surface area contributed by atoms with Gasteiger partial charge in [0.1, 0.15) is 0 Å². The molecule has 0 heterocycles. The summed E-state index contributed by atoms with van der Waals surface area (Å²) in [5.41, 5.74) is 2.61. The SMILES string of the molecule is COC(CNC1CC1)c1ccccc1C. The summed E-state index contributed by atoms with van der Waals surface area (Å²) < 4.78 is 5.53. The molecule has 0 spiro atoms. The van der Waals surface area contributed by atoms with Crippen molar-refractivity contribution in [2.45, 2.75) is 31.9 Å². The molecule has 1 fully saturated rings. The quantitative estimate of drug-likeness (QED) is 0.797. The maximum absolute atomic E-state index is 5.53. The van der Waals surface area contributed by atoms with Crippen LogP contribution in [-0.2, 0) is 4.74 Å². The second-order valence-corrected chi connectivity index (χ2v) is 4.26. The molecule has 0 saturated heterocycles. The van der Waals surface area contributed by atoms with Crippen LogP contribution in [0.2, 0.25) is 0 Å². The number of hydrogen-bond acceptors (Lipinski definition) is 2. The second kappa shape index (κ2) is 4.77. The Kier molecular flexibility index (Phi) is 3.39. The molecule has 1 atom stereocenters. The van der Waals surface area contributed by atoms with Crippen LogP contribution in [0.25, 0.3) is 0 Å². The van der Waals surface area contributed by atoms with Crippen molar-refractivity contribution in [2.75, 3.05) is 13.7 Å².